The molecule has 82 valence electrons. The van der Waals surface area contributed by atoms with Gasteiger partial charge in [-0.25, -0.2) is 13.2 Å². The van der Waals surface area contributed by atoms with Gasteiger partial charge in [0.25, 0.3) is 0 Å². The average molecular weight is 221 g/mol. The molecule has 0 bridgehead atoms. The highest BCUT2D eigenvalue weighted by Crippen LogP contribution is 2.19. The van der Waals surface area contributed by atoms with Crippen LogP contribution in [-0.2, 0) is 9.84 Å². The summed E-state index contributed by atoms with van der Waals surface area (Å²) in [6.45, 7) is 3.98. The van der Waals surface area contributed by atoms with E-state index in [0.29, 0.717) is 13.1 Å². The van der Waals surface area contributed by atoms with Gasteiger partial charge < -0.3 is 10.0 Å². The second-order valence-electron chi connectivity index (χ2n) is 3.93. The summed E-state index contributed by atoms with van der Waals surface area (Å²) in [6, 6.07) is 0. The molecule has 0 aromatic heterocycles. The second-order valence-corrected chi connectivity index (χ2v) is 6.53. The summed E-state index contributed by atoms with van der Waals surface area (Å²) in [5.74, 6) is 0.0903. The maximum atomic E-state index is 11.4. The molecule has 0 aromatic carbocycles. The van der Waals surface area contributed by atoms with Crippen molar-refractivity contribution in [2.75, 3.05) is 18.8 Å². The number of carbonyl (C=O) groups is 1. The lowest BCUT2D eigenvalue weighted by Crippen LogP contribution is -2.52. The molecule has 0 saturated carbocycles. The van der Waals surface area contributed by atoms with Crippen LogP contribution >= 0.6 is 0 Å². The van der Waals surface area contributed by atoms with Crippen LogP contribution in [0, 0.1) is 5.92 Å². The minimum absolute atomic E-state index is 0.0153. The Bertz CT molecular complexity index is 316. The van der Waals surface area contributed by atoms with E-state index in [4.69, 9.17) is 5.11 Å². The lowest BCUT2D eigenvalue weighted by Gasteiger charge is -2.37. The van der Waals surface area contributed by atoms with Crippen LogP contribution in [-0.4, -0.2) is 48.6 Å². The standard InChI is InChI=1S/C8H15NO4S/c1-6(2)14(12,13)5-7-3-9(4-7)8(10)11/h6-7H,3-5H2,1-2H3,(H,10,11). The molecule has 1 rings (SSSR count). The Kier molecular flexibility index (Phi) is 3.04. The van der Waals surface area contributed by atoms with Gasteiger partial charge in [0.15, 0.2) is 9.84 Å². The Morgan fingerprint density at radius 2 is 2.00 bits per heavy atom. The van der Waals surface area contributed by atoms with Gasteiger partial charge in [-0.15, -0.1) is 0 Å². The molecule has 1 aliphatic heterocycles. The summed E-state index contributed by atoms with van der Waals surface area (Å²) >= 11 is 0. The first-order valence-corrected chi connectivity index (χ1v) is 6.24. The highest BCUT2D eigenvalue weighted by molar-refractivity contribution is 7.91. The molecule has 1 heterocycles. The van der Waals surface area contributed by atoms with Gasteiger partial charge >= 0.3 is 6.09 Å². The van der Waals surface area contributed by atoms with Gasteiger partial charge in [0.1, 0.15) is 0 Å². The Labute approximate surface area is 83.6 Å². The molecule has 14 heavy (non-hydrogen) atoms. The first-order valence-electron chi connectivity index (χ1n) is 4.52. The van der Waals surface area contributed by atoms with Crippen molar-refractivity contribution in [3.8, 4) is 0 Å². The molecule has 0 aliphatic carbocycles. The van der Waals surface area contributed by atoms with Crippen molar-refractivity contribution >= 4 is 15.9 Å². The normalized spacial score (nSPS) is 18.4. The summed E-state index contributed by atoms with van der Waals surface area (Å²) in [7, 11) is -3.03. The van der Waals surface area contributed by atoms with Crippen molar-refractivity contribution in [3.63, 3.8) is 0 Å². The van der Waals surface area contributed by atoms with Crippen LogP contribution in [0.1, 0.15) is 13.8 Å². The van der Waals surface area contributed by atoms with Gasteiger partial charge in [-0.1, -0.05) is 0 Å². The van der Waals surface area contributed by atoms with E-state index in [0.717, 1.165) is 0 Å². The van der Waals surface area contributed by atoms with E-state index in [1.54, 1.807) is 13.8 Å². The molecule has 0 unspecified atom stereocenters. The van der Waals surface area contributed by atoms with E-state index in [1.807, 2.05) is 0 Å². The summed E-state index contributed by atoms with van der Waals surface area (Å²) in [4.78, 5) is 11.6. The molecule has 1 aliphatic rings. The minimum Gasteiger partial charge on any atom is -0.465 e. The van der Waals surface area contributed by atoms with Crippen LogP contribution in [0.4, 0.5) is 4.79 Å². The van der Waals surface area contributed by atoms with Crippen LogP contribution in [0.2, 0.25) is 0 Å². The lowest BCUT2D eigenvalue weighted by atomic mass is 10.0. The molecule has 1 amide bonds. The van der Waals surface area contributed by atoms with Gasteiger partial charge in [0.05, 0.1) is 11.0 Å². The SMILES string of the molecule is CC(C)S(=O)(=O)CC1CN(C(=O)O)C1. The number of carboxylic acid groups (broad SMARTS) is 1. The van der Waals surface area contributed by atoms with Gasteiger partial charge in [0, 0.05) is 19.0 Å². The van der Waals surface area contributed by atoms with Crippen molar-refractivity contribution in [3.05, 3.63) is 0 Å². The molecule has 1 fully saturated rings. The third kappa shape index (κ3) is 2.37. The van der Waals surface area contributed by atoms with Crippen molar-refractivity contribution in [2.24, 2.45) is 5.92 Å². The van der Waals surface area contributed by atoms with Crippen molar-refractivity contribution < 1.29 is 18.3 Å². The maximum absolute atomic E-state index is 11.4. The highest BCUT2D eigenvalue weighted by Gasteiger charge is 2.34. The van der Waals surface area contributed by atoms with Gasteiger partial charge in [-0.05, 0) is 13.8 Å². The Morgan fingerprint density at radius 1 is 1.50 bits per heavy atom. The van der Waals surface area contributed by atoms with Crippen molar-refractivity contribution in [1.29, 1.82) is 0 Å². The topological polar surface area (TPSA) is 74.7 Å². The molecule has 6 heteroatoms. The maximum Gasteiger partial charge on any atom is 0.407 e. The molecular formula is C8H15NO4S. The second kappa shape index (κ2) is 3.76. The van der Waals surface area contributed by atoms with E-state index < -0.39 is 15.9 Å². The number of nitrogens with zero attached hydrogens (tertiary/aromatic N) is 1. The zero-order valence-corrected chi connectivity index (χ0v) is 9.12. The van der Waals surface area contributed by atoms with Crippen LogP contribution in [0.15, 0.2) is 0 Å². The van der Waals surface area contributed by atoms with Crippen LogP contribution in [0.3, 0.4) is 0 Å². The van der Waals surface area contributed by atoms with E-state index in [-0.39, 0.29) is 16.9 Å². The average Bonchev–Trinajstić information content (AvgIpc) is 1.94. The summed E-state index contributed by atoms with van der Waals surface area (Å²) in [5.41, 5.74) is 0. The predicted molar refractivity (Wildman–Crippen MR) is 52.0 cm³/mol. The molecule has 0 radical (unpaired) electrons. The van der Waals surface area contributed by atoms with Crippen molar-refractivity contribution in [2.45, 2.75) is 19.1 Å². The number of hydrogen-bond acceptors (Lipinski definition) is 3. The minimum atomic E-state index is -3.03. The highest BCUT2D eigenvalue weighted by atomic mass is 32.2. The Balaban J connectivity index is 2.40. The van der Waals surface area contributed by atoms with Gasteiger partial charge in [-0.2, -0.15) is 0 Å². The summed E-state index contributed by atoms with van der Waals surface area (Å²) < 4.78 is 22.9. The fourth-order valence-corrected chi connectivity index (χ4v) is 2.61. The first-order chi connectivity index (χ1) is 6.33. The fourth-order valence-electron chi connectivity index (χ4n) is 1.35. The van der Waals surface area contributed by atoms with Gasteiger partial charge in [0.2, 0.25) is 0 Å². The number of amides is 1. The zero-order valence-electron chi connectivity index (χ0n) is 8.30. The van der Waals surface area contributed by atoms with E-state index in [2.05, 4.69) is 0 Å². The molecule has 1 saturated heterocycles. The number of likely N-dealkylation sites (tertiary alicyclic amines) is 1. The van der Waals surface area contributed by atoms with Gasteiger partial charge in [-0.3, -0.25) is 0 Å². The summed E-state index contributed by atoms with van der Waals surface area (Å²) in [5, 5.41) is 8.16. The summed E-state index contributed by atoms with van der Waals surface area (Å²) in [6.07, 6.45) is -0.969. The quantitative estimate of drug-likeness (QED) is 0.749. The van der Waals surface area contributed by atoms with E-state index in [9.17, 15) is 13.2 Å². The molecular weight excluding hydrogens is 206 g/mol. The zero-order chi connectivity index (χ0) is 10.9. The smallest absolute Gasteiger partial charge is 0.407 e. The third-order valence-electron chi connectivity index (χ3n) is 2.41. The lowest BCUT2D eigenvalue weighted by molar-refractivity contribution is 0.0893. The molecule has 5 nitrogen and oxygen atoms in total. The molecule has 0 spiro atoms. The fraction of sp³-hybridized carbons (Fsp3) is 0.875. The predicted octanol–water partition coefficient (Wildman–Crippen LogP) is 0.419. The van der Waals surface area contributed by atoms with Crippen LogP contribution in [0.5, 0.6) is 0 Å². The number of sulfone groups is 1. The largest absolute Gasteiger partial charge is 0.465 e. The van der Waals surface area contributed by atoms with E-state index in [1.165, 1.54) is 4.90 Å². The Hall–Kier alpha value is -0.780. The number of hydrogen-bond donors (Lipinski definition) is 1. The Morgan fingerprint density at radius 3 is 2.36 bits per heavy atom. The molecule has 0 aromatic rings. The molecule has 0 atom stereocenters. The molecule has 1 N–H and O–H groups in total. The monoisotopic (exact) mass is 221 g/mol. The van der Waals surface area contributed by atoms with E-state index >= 15 is 0 Å². The number of rotatable bonds is 3. The van der Waals surface area contributed by atoms with Crippen molar-refractivity contribution in [1.82, 2.24) is 4.90 Å². The van der Waals surface area contributed by atoms with Crippen LogP contribution < -0.4 is 0 Å². The first kappa shape index (κ1) is 11.3. The van der Waals surface area contributed by atoms with Crippen LogP contribution in [0.25, 0.3) is 0 Å². The third-order valence-corrected chi connectivity index (χ3v) is 4.79.